The van der Waals surface area contributed by atoms with E-state index >= 15 is 0 Å². The van der Waals surface area contributed by atoms with Crippen LogP contribution in [-0.2, 0) is 16.0 Å². The fraction of sp³-hybridized carbons (Fsp3) is 0.533. The highest BCUT2D eigenvalue weighted by atomic mass is 35.5. The zero-order valence-electron chi connectivity index (χ0n) is 11.8. The molecule has 5 heteroatoms. The monoisotopic (exact) mass is 298 g/mol. The van der Waals surface area contributed by atoms with E-state index in [0.29, 0.717) is 12.5 Å². The standard InChI is InChI=1S/C15H22N2O2.ClH/c1-19-11-14(16)15(18)17-8-7-13(10-17)9-12-5-3-2-4-6-12;/h2-6,13-14H,7-11,16H2,1H3;1H. The summed E-state index contributed by atoms with van der Waals surface area (Å²) >= 11 is 0. The number of hydrogen-bond donors (Lipinski definition) is 1. The Bertz CT molecular complexity index is 414. The first-order valence-electron chi connectivity index (χ1n) is 6.78. The van der Waals surface area contributed by atoms with Crippen LogP contribution in [0, 0.1) is 5.92 Å². The number of methoxy groups -OCH3 is 1. The molecule has 1 aliphatic rings. The Hall–Kier alpha value is -1.10. The quantitative estimate of drug-likeness (QED) is 0.896. The first kappa shape index (κ1) is 17.0. The summed E-state index contributed by atoms with van der Waals surface area (Å²) in [6.45, 7) is 1.91. The highest BCUT2D eigenvalue weighted by Gasteiger charge is 2.29. The van der Waals surface area contributed by atoms with Gasteiger partial charge < -0.3 is 15.4 Å². The number of carbonyl (C=O) groups is 1. The molecule has 4 nitrogen and oxygen atoms in total. The minimum atomic E-state index is -0.527. The van der Waals surface area contributed by atoms with E-state index in [1.807, 2.05) is 11.0 Å². The molecule has 1 aromatic carbocycles. The molecule has 1 aliphatic heterocycles. The van der Waals surface area contributed by atoms with Gasteiger partial charge in [-0.1, -0.05) is 30.3 Å². The van der Waals surface area contributed by atoms with Crippen molar-refractivity contribution in [1.82, 2.24) is 4.90 Å². The van der Waals surface area contributed by atoms with E-state index in [9.17, 15) is 4.79 Å². The van der Waals surface area contributed by atoms with Crippen LogP contribution in [0.5, 0.6) is 0 Å². The van der Waals surface area contributed by atoms with Crippen LogP contribution in [0.2, 0.25) is 0 Å². The van der Waals surface area contributed by atoms with Gasteiger partial charge in [0.25, 0.3) is 0 Å². The molecular formula is C15H23ClN2O2. The van der Waals surface area contributed by atoms with Crippen molar-refractivity contribution < 1.29 is 9.53 Å². The fourth-order valence-corrected chi connectivity index (χ4v) is 2.63. The molecule has 0 spiro atoms. The Morgan fingerprint density at radius 3 is 2.80 bits per heavy atom. The van der Waals surface area contributed by atoms with Crippen LogP contribution in [0.25, 0.3) is 0 Å². The summed E-state index contributed by atoms with van der Waals surface area (Å²) in [4.78, 5) is 13.9. The molecule has 0 bridgehead atoms. The van der Waals surface area contributed by atoms with Gasteiger partial charge >= 0.3 is 0 Å². The lowest BCUT2D eigenvalue weighted by molar-refractivity contribution is -0.132. The summed E-state index contributed by atoms with van der Waals surface area (Å²) in [5, 5.41) is 0. The van der Waals surface area contributed by atoms with E-state index in [1.165, 1.54) is 5.56 Å². The largest absolute Gasteiger partial charge is 0.383 e. The summed E-state index contributed by atoms with van der Waals surface area (Å²) in [5.41, 5.74) is 7.13. The number of ether oxygens (including phenoxy) is 1. The van der Waals surface area contributed by atoms with Gasteiger partial charge in [0.15, 0.2) is 0 Å². The second kappa shape index (κ2) is 8.25. The Morgan fingerprint density at radius 1 is 1.45 bits per heavy atom. The second-order valence-corrected chi connectivity index (χ2v) is 5.19. The van der Waals surface area contributed by atoms with Crippen molar-refractivity contribution >= 4 is 18.3 Å². The number of nitrogens with zero attached hydrogens (tertiary/aromatic N) is 1. The van der Waals surface area contributed by atoms with Crippen molar-refractivity contribution in [3.8, 4) is 0 Å². The maximum atomic E-state index is 12.1. The number of amides is 1. The molecule has 112 valence electrons. The van der Waals surface area contributed by atoms with Gasteiger partial charge in [0, 0.05) is 20.2 Å². The number of benzene rings is 1. The number of rotatable bonds is 5. The van der Waals surface area contributed by atoms with Crippen molar-refractivity contribution in [1.29, 1.82) is 0 Å². The zero-order chi connectivity index (χ0) is 13.7. The second-order valence-electron chi connectivity index (χ2n) is 5.19. The van der Waals surface area contributed by atoms with Crippen LogP contribution >= 0.6 is 12.4 Å². The van der Waals surface area contributed by atoms with Gasteiger partial charge in [-0.2, -0.15) is 0 Å². The molecule has 0 aliphatic carbocycles. The lowest BCUT2D eigenvalue weighted by Crippen LogP contribution is -2.45. The third-order valence-corrected chi connectivity index (χ3v) is 3.63. The van der Waals surface area contributed by atoms with Crippen LogP contribution in [0.4, 0.5) is 0 Å². The number of hydrogen-bond acceptors (Lipinski definition) is 3. The molecule has 1 fully saturated rings. The third-order valence-electron chi connectivity index (χ3n) is 3.63. The van der Waals surface area contributed by atoms with E-state index < -0.39 is 6.04 Å². The first-order chi connectivity index (χ1) is 9.20. The maximum Gasteiger partial charge on any atom is 0.241 e. The van der Waals surface area contributed by atoms with Crippen LogP contribution in [-0.4, -0.2) is 43.7 Å². The molecule has 1 aromatic rings. The summed E-state index contributed by atoms with van der Waals surface area (Å²) in [6.07, 6.45) is 2.09. The summed E-state index contributed by atoms with van der Waals surface area (Å²) in [5.74, 6) is 0.554. The summed E-state index contributed by atoms with van der Waals surface area (Å²) in [7, 11) is 1.56. The van der Waals surface area contributed by atoms with Gasteiger partial charge in [-0.25, -0.2) is 0 Å². The average Bonchev–Trinajstić information content (AvgIpc) is 2.88. The van der Waals surface area contributed by atoms with Gasteiger partial charge in [0.2, 0.25) is 5.91 Å². The summed E-state index contributed by atoms with van der Waals surface area (Å²) < 4.78 is 4.93. The van der Waals surface area contributed by atoms with Crippen molar-refractivity contribution in [2.75, 3.05) is 26.8 Å². The lowest BCUT2D eigenvalue weighted by Gasteiger charge is -2.20. The van der Waals surface area contributed by atoms with Gasteiger partial charge in [-0.3, -0.25) is 4.79 Å². The average molecular weight is 299 g/mol. The Balaban J connectivity index is 0.00000200. The highest BCUT2D eigenvalue weighted by molar-refractivity contribution is 5.85. The van der Waals surface area contributed by atoms with Gasteiger partial charge in [-0.05, 0) is 24.3 Å². The molecule has 2 unspecified atom stereocenters. The van der Waals surface area contributed by atoms with Crippen LogP contribution < -0.4 is 5.73 Å². The van der Waals surface area contributed by atoms with Crippen LogP contribution in [0.15, 0.2) is 30.3 Å². The summed E-state index contributed by atoms with van der Waals surface area (Å²) in [6, 6.07) is 9.89. The van der Waals surface area contributed by atoms with Crippen LogP contribution in [0.3, 0.4) is 0 Å². The molecule has 0 aromatic heterocycles. The fourth-order valence-electron chi connectivity index (χ4n) is 2.63. The van der Waals surface area contributed by atoms with Crippen molar-refractivity contribution in [3.05, 3.63) is 35.9 Å². The van der Waals surface area contributed by atoms with E-state index in [4.69, 9.17) is 10.5 Å². The van der Waals surface area contributed by atoms with Gasteiger partial charge in [0.05, 0.1) is 6.61 Å². The highest BCUT2D eigenvalue weighted by Crippen LogP contribution is 2.21. The third kappa shape index (κ3) is 4.47. The molecule has 2 rings (SSSR count). The number of likely N-dealkylation sites (tertiary alicyclic amines) is 1. The molecule has 2 N–H and O–H groups in total. The Morgan fingerprint density at radius 2 is 2.15 bits per heavy atom. The molecule has 20 heavy (non-hydrogen) atoms. The Kier molecular flexibility index (Phi) is 6.99. The predicted octanol–water partition coefficient (Wildman–Crippen LogP) is 1.47. The minimum Gasteiger partial charge on any atom is -0.383 e. The van der Waals surface area contributed by atoms with Crippen molar-refractivity contribution in [3.63, 3.8) is 0 Å². The van der Waals surface area contributed by atoms with E-state index in [2.05, 4.69) is 24.3 Å². The lowest BCUT2D eigenvalue weighted by atomic mass is 9.99. The topological polar surface area (TPSA) is 55.6 Å². The molecule has 0 radical (unpaired) electrons. The van der Waals surface area contributed by atoms with E-state index in [0.717, 1.165) is 25.9 Å². The number of halogens is 1. The number of carbonyl (C=O) groups excluding carboxylic acids is 1. The Labute approximate surface area is 126 Å². The number of nitrogens with two attached hydrogens (primary N) is 1. The zero-order valence-corrected chi connectivity index (χ0v) is 12.6. The van der Waals surface area contributed by atoms with Crippen LogP contribution in [0.1, 0.15) is 12.0 Å². The molecule has 1 amide bonds. The van der Waals surface area contributed by atoms with Crippen molar-refractivity contribution in [2.24, 2.45) is 11.7 Å². The molecule has 2 atom stereocenters. The first-order valence-corrected chi connectivity index (χ1v) is 6.78. The molecule has 1 heterocycles. The normalized spacial score (nSPS) is 19.5. The van der Waals surface area contributed by atoms with E-state index in [1.54, 1.807) is 7.11 Å². The van der Waals surface area contributed by atoms with Gasteiger partial charge in [-0.15, -0.1) is 12.4 Å². The maximum absolute atomic E-state index is 12.1. The smallest absolute Gasteiger partial charge is 0.241 e. The molecule has 0 saturated carbocycles. The van der Waals surface area contributed by atoms with Gasteiger partial charge in [0.1, 0.15) is 6.04 Å². The van der Waals surface area contributed by atoms with Crippen molar-refractivity contribution in [2.45, 2.75) is 18.9 Å². The predicted molar refractivity (Wildman–Crippen MR) is 81.9 cm³/mol. The van der Waals surface area contributed by atoms with E-state index in [-0.39, 0.29) is 18.3 Å². The minimum absolute atomic E-state index is 0. The SMILES string of the molecule is COCC(N)C(=O)N1CCC(Cc2ccccc2)C1.Cl. The molecule has 1 saturated heterocycles. The molecular weight excluding hydrogens is 276 g/mol.